The van der Waals surface area contributed by atoms with Crippen LogP contribution in [-0.4, -0.2) is 24.0 Å². The van der Waals surface area contributed by atoms with Gasteiger partial charge in [0.1, 0.15) is 23.1 Å². The summed E-state index contributed by atoms with van der Waals surface area (Å²) in [6.45, 7) is 0. The molecular formula is C22H16FNO6. The number of benzene rings is 2. The first kappa shape index (κ1) is 19.4. The van der Waals surface area contributed by atoms with Crippen molar-refractivity contribution in [1.29, 1.82) is 0 Å². The van der Waals surface area contributed by atoms with Crippen molar-refractivity contribution >= 4 is 17.8 Å². The van der Waals surface area contributed by atoms with Crippen molar-refractivity contribution in [2.45, 2.75) is 12.8 Å². The van der Waals surface area contributed by atoms with Crippen molar-refractivity contribution in [2.75, 3.05) is 7.11 Å². The van der Waals surface area contributed by atoms with Gasteiger partial charge in [0.15, 0.2) is 5.76 Å². The third-order valence-corrected chi connectivity index (χ3v) is 4.39. The summed E-state index contributed by atoms with van der Waals surface area (Å²) in [7, 11) is 1.47. The molecule has 8 heteroatoms. The molecule has 0 saturated heterocycles. The number of aryl methyl sites for hydroxylation is 1. The van der Waals surface area contributed by atoms with Crippen LogP contribution in [0, 0.1) is 5.82 Å². The first-order valence-electron chi connectivity index (χ1n) is 9.06. The number of allylic oxidation sites excluding steroid dienone is 1. The van der Waals surface area contributed by atoms with Crippen molar-refractivity contribution in [3.8, 4) is 17.4 Å². The second kappa shape index (κ2) is 8.20. The Morgan fingerprint density at radius 1 is 1.20 bits per heavy atom. The molecule has 3 aromatic rings. The van der Waals surface area contributed by atoms with Gasteiger partial charge in [0, 0.05) is 24.1 Å². The van der Waals surface area contributed by atoms with E-state index < -0.39 is 11.8 Å². The van der Waals surface area contributed by atoms with Crippen LogP contribution in [0.25, 0.3) is 6.08 Å². The predicted molar refractivity (Wildman–Crippen MR) is 103 cm³/mol. The number of hydrogen-bond acceptors (Lipinski definition) is 7. The van der Waals surface area contributed by atoms with Crippen LogP contribution in [0.2, 0.25) is 0 Å². The minimum Gasteiger partial charge on any atom is -0.479 e. The number of aromatic nitrogens is 1. The lowest BCUT2D eigenvalue weighted by molar-refractivity contribution is -0.134. The number of esters is 1. The van der Waals surface area contributed by atoms with Crippen molar-refractivity contribution in [3.05, 3.63) is 77.0 Å². The highest BCUT2D eigenvalue weighted by molar-refractivity contribution is 6.14. The maximum absolute atomic E-state index is 13.8. The number of carbonyl (C=O) groups is 2. The Balaban J connectivity index is 1.42. The first-order chi connectivity index (χ1) is 14.5. The summed E-state index contributed by atoms with van der Waals surface area (Å²) < 4.78 is 34.6. The van der Waals surface area contributed by atoms with Gasteiger partial charge in [-0.15, -0.1) is 0 Å². The average molecular weight is 409 g/mol. The molecule has 1 aliphatic rings. The molecule has 0 bridgehead atoms. The summed E-state index contributed by atoms with van der Waals surface area (Å²) in [6.07, 6.45) is 1.70. The van der Waals surface area contributed by atoms with Crippen LogP contribution in [0.15, 0.2) is 58.8 Å². The summed E-state index contributed by atoms with van der Waals surface area (Å²) in [6, 6.07) is 12.1. The molecule has 1 aromatic heterocycles. The van der Waals surface area contributed by atoms with E-state index in [9.17, 15) is 14.0 Å². The standard InChI is InChI=1S/C22H16FNO6/c1-27-20-12-15(30-24-20)7-9-21(25)28-14-6-8-16-18(11-14)29-19(22(16)26)10-13-4-2-3-5-17(13)23/h2-6,8,10-12H,7,9H2,1H3/b19-10-. The summed E-state index contributed by atoms with van der Waals surface area (Å²) in [5.74, 6) is -0.0225. The van der Waals surface area contributed by atoms with Crippen molar-refractivity contribution in [3.63, 3.8) is 0 Å². The highest BCUT2D eigenvalue weighted by Gasteiger charge is 2.28. The maximum Gasteiger partial charge on any atom is 0.311 e. The van der Waals surface area contributed by atoms with Gasteiger partial charge < -0.3 is 18.7 Å². The van der Waals surface area contributed by atoms with E-state index in [1.807, 2.05) is 0 Å². The summed E-state index contributed by atoms with van der Waals surface area (Å²) in [4.78, 5) is 24.6. The summed E-state index contributed by atoms with van der Waals surface area (Å²) in [5.41, 5.74) is 0.551. The number of hydrogen-bond donors (Lipinski definition) is 0. The molecule has 0 atom stereocenters. The second-order valence-electron chi connectivity index (χ2n) is 6.43. The van der Waals surface area contributed by atoms with E-state index in [0.29, 0.717) is 23.6 Å². The fourth-order valence-electron chi connectivity index (χ4n) is 2.88. The monoisotopic (exact) mass is 409 g/mol. The molecule has 2 heterocycles. The lowest BCUT2D eigenvalue weighted by atomic mass is 10.1. The normalized spacial score (nSPS) is 13.8. The number of rotatable bonds is 6. The zero-order chi connectivity index (χ0) is 21.1. The number of fused-ring (bicyclic) bond motifs is 1. The Hall–Kier alpha value is -3.94. The SMILES string of the molecule is COc1cc(CCC(=O)Oc2ccc3c(c2)O/C(=C\c2ccccc2F)C3=O)on1. The largest absolute Gasteiger partial charge is 0.479 e. The zero-order valence-corrected chi connectivity index (χ0v) is 15.9. The van der Waals surface area contributed by atoms with E-state index in [1.165, 1.54) is 37.5 Å². The van der Waals surface area contributed by atoms with Crippen molar-refractivity contribution in [1.82, 2.24) is 5.16 Å². The fraction of sp³-hybridized carbons (Fsp3) is 0.136. The molecule has 0 radical (unpaired) electrons. The second-order valence-corrected chi connectivity index (χ2v) is 6.43. The van der Waals surface area contributed by atoms with Gasteiger partial charge >= 0.3 is 5.97 Å². The number of ketones is 1. The lowest BCUT2D eigenvalue weighted by Gasteiger charge is -2.05. The van der Waals surface area contributed by atoms with Gasteiger partial charge in [0.25, 0.3) is 5.88 Å². The van der Waals surface area contributed by atoms with Gasteiger partial charge in [0.05, 0.1) is 19.1 Å². The Morgan fingerprint density at radius 2 is 2.03 bits per heavy atom. The van der Waals surface area contributed by atoms with Gasteiger partial charge in [0.2, 0.25) is 5.78 Å². The molecule has 4 rings (SSSR count). The average Bonchev–Trinajstić information content (AvgIpc) is 3.32. The molecule has 7 nitrogen and oxygen atoms in total. The maximum atomic E-state index is 13.8. The Labute approximate surface area is 170 Å². The van der Waals surface area contributed by atoms with Gasteiger partial charge in [-0.25, -0.2) is 4.39 Å². The van der Waals surface area contributed by atoms with Crippen LogP contribution in [0.4, 0.5) is 4.39 Å². The number of carbonyl (C=O) groups excluding carboxylic acids is 2. The van der Waals surface area contributed by atoms with E-state index in [-0.39, 0.29) is 35.0 Å². The number of methoxy groups -OCH3 is 1. The van der Waals surface area contributed by atoms with Crippen LogP contribution in [0.3, 0.4) is 0 Å². The number of nitrogens with zero attached hydrogens (tertiary/aromatic N) is 1. The Bertz CT molecular complexity index is 1150. The van der Waals surface area contributed by atoms with E-state index in [2.05, 4.69) is 5.16 Å². The van der Waals surface area contributed by atoms with E-state index in [0.717, 1.165) is 0 Å². The highest BCUT2D eigenvalue weighted by atomic mass is 19.1. The molecule has 0 amide bonds. The fourth-order valence-corrected chi connectivity index (χ4v) is 2.88. The molecule has 0 spiro atoms. The number of Topliss-reactive ketones (excluding diaryl/α,β-unsaturated/α-hetero) is 1. The van der Waals surface area contributed by atoms with Crippen LogP contribution >= 0.6 is 0 Å². The number of halogens is 1. The summed E-state index contributed by atoms with van der Waals surface area (Å²) in [5, 5.41) is 3.66. The highest BCUT2D eigenvalue weighted by Crippen LogP contribution is 2.35. The Kier molecular flexibility index (Phi) is 5.30. The third kappa shape index (κ3) is 4.07. The van der Waals surface area contributed by atoms with Crippen LogP contribution in [0.5, 0.6) is 17.4 Å². The smallest absolute Gasteiger partial charge is 0.311 e. The molecule has 0 fully saturated rings. The van der Waals surface area contributed by atoms with Crippen molar-refractivity contribution in [2.24, 2.45) is 0 Å². The predicted octanol–water partition coefficient (Wildman–Crippen LogP) is 3.98. The zero-order valence-electron chi connectivity index (χ0n) is 15.9. The topological polar surface area (TPSA) is 87.9 Å². The van der Waals surface area contributed by atoms with Gasteiger partial charge in [-0.2, -0.15) is 0 Å². The lowest BCUT2D eigenvalue weighted by Crippen LogP contribution is -2.08. The molecule has 0 saturated carbocycles. The van der Waals surface area contributed by atoms with Crippen LogP contribution in [-0.2, 0) is 11.2 Å². The van der Waals surface area contributed by atoms with E-state index >= 15 is 0 Å². The quantitative estimate of drug-likeness (QED) is 0.346. The van der Waals surface area contributed by atoms with Crippen LogP contribution in [0.1, 0.15) is 28.1 Å². The molecule has 0 N–H and O–H groups in total. The third-order valence-electron chi connectivity index (χ3n) is 4.39. The van der Waals surface area contributed by atoms with Gasteiger partial charge in [-0.3, -0.25) is 9.59 Å². The minimum atomic E-state index is -0.489. The first-order valence-corrected chi connectivity index (χ1v) is 9.06. The summed E-state index contributed by atoms with van der Waals surface area (Å²) >= 11 is 0. The molecule has 0 unspecified atom stereocenters. The van der Waals surface area contributed by atoms with Crippen molar-refractivity contribution < 1.29 is 32.7 Å². The van der Waals surface area contributed by atoms with Gasteiger partial charge in [-0.1, -0.05) is 18.2 Å². The van der Waals surface area contributed by atoms with Gasteiger partial charge in [-0.05, 0) is 29.4 Å². The van der Waals surface area contributed by atoms with E-state index in [1.54, 1.807) is 24.3 Å². The molecular weight excluding hydrogens is 393 g/mol. The number of ether oxygens (including phenoxy) is 3. The van der Waals surface area contributed by atoms with Crippen LogP contribution < -0.4 is 14.2 Å². The Morgan fingerprint density at radius 3 is 2.80 bits per heavy atom. The minimum absolute atomic E-state index is 0.00200. The molecule has 152 valence electrons. The molecule has 30 heavy (non-hydrogen) atoms. The van der Waals surface area contributed by atoms with E-state index in [4.69, 9.17) is 18.7 Å². The molecule has 2 aromatic carbocycles. The molecule has 1 aliphatic heterocycles. The molecule has 0 aliphatic carbocycles.